The van der Waals surface area contributed by atoms with Gasteiger partial charge in [0.05, 0.1) is 16.9 Å². The molecule has 5 nitrogen and oxygen atoms in total. The van der Waals surface area contributed by atoms with E-state index in [0.717, 1.165) is 50.6 Å². The molecule has 3 unspecified atom stereocenters. The summed E-state index contributed by atoms with van der Waals surface area (Å²) in [5, 5.41) is 9.96. The van der Waals surface area contributed by atoms with Crippen molar-refractivity contribution in [1.29, 1.82) is 0 Å². The van der Waals surface area contributed by atoms with Gasteiger partial charge in [-0.3, -0.25) is 14.6 Å². The van der Waals surface area contributed by atoms with Gasteiger partial charge in [-0.2, -0.15) is 0 Å². The molecule has 0 aromatic carbocycles. The third-order valence-corrected chi connectivity index (χ3v) is 9.23. The first-order valence-corrected chi connectivity index (χ1v) is 11.3. The fourth-order valence-electron chi connectivity index (χ4n) is 8.29. The molecule has 0 spiro atoms. The number of carboxylic acids is 1. The Hall–Kier alpha value is -1.91. The number of pyridine rings is 1. The zero-order valence-corrected chi connectivity index (χ0v) is 17.3. The first-order chi connectivity index (χ1) is 13.8. The fourth-order valence-corrected chi connectivity index (χ4v) is 8.29. The van der Waals surface area contributed by atoms with Gasteiger partial charge >= 0.3 is 5.97 Å². The zero-order valence-electron chi connectivity index (χ0n) is 17.3. The van der Waals surface area contributed by atoms with Crippen molar-refractivity contribution < 1.29 is 14.7 Å². The number of rotatable bonds is 4. The molecule has 6 atom stereocenters. The summed E-state index contributed by atoms with van der Waals surface area (Å²) in [7, 11) is 0. The van der Waals surface area contributed by atoms with Gasteiger partial charge in [-0.15, -0.1) is 0 Å². The second-order valence-electron chi connectivity index (χ2n) is 11.3. The lowest BCUT2D eigenvalue weighted by molar-refractivity contribution is -0.205. The average molecular weight is 395 g/mol. The number of likely N-dealkylation sites (tertiary alicyclic amines) is 1. The number of carbonyl (C=O) groups is 2. The van der Waals surface area contributed by atoms with Crippen molar-refractivity contribution in [3.63, 3.8) is 0 Å². The number of hydrogen-bond donors (Lipinski definition) is 1. The number of carboxylic acid groups (broad SMARTS) is 1. The van der Waals surface area contributed by atoms with Crippen LogP contribution in [0.4, 0.5) is 0 Å². The minimum atomic E-state index is -0.602. The molecule has 1 aromatic heterocycles. The Kier molecular flexibility index (Phi) is 3.34. The first-order valence-electron chi connectivity index (χ1n) is 11.3. The number of nitrogens with zero attached hydrogens (tertiary/aromatic N) is 2. The SMILES string of the molecule is CC1(C)C(=O)N([C@@H]2C3CC4C[C@H]2C[C@@](C(=O)O)(C4)C3)C1C1(c2ccccn2)CC1. The molecule has 7 rings (SSSR count). The Bertz CT molecular complexity index is 875. The number of amides is 1. The smallest absolute Gasteiger partial charge is 0.309 e. The Morgan fingerprint density at radius 1 is 1.14 bits per heavy atom. The van der Waals surface area contributed by atoms with Gasteiger partial charge in [0.25, 0.3) is 0 Å². The number of aliphatic carboxylic acids is 1. The second-order valence-corrected chi connectivity index (χ2v) is 11.3. The van der Waals surface area contributed by atoms with Crippen LogP contribution in [0.5, 0.6) is 0 Å². The summed E-state index contributed by atoms with van der Waals surface area (Å²) in [6, 6.07) is 6.55. The molecular weight excluding hydrogens is 364 g/mol. The maximum Gasteiger partial charge on any atom is 0.309 e. The second kappa shape index (κ2) is 5.41. The number of β-lactam (4-membered cyclic amide) rings is 1. The number of aromatic nitrogens is 1. The van der Waals surface area contributed by atoms with E-state index >= 15 is 0 Å². The zero-order chi connectivity index (χ0) is 20.2. The highest BCUT2D eigenvalue weighted by atomic mass is 16.4. The van der Waals surface area contributed by atoms with Crippen LogP contribution in [-0.4, -0.2) is 39.0 Å². The fraction of sp³-hybridized carbons (Fsp3) is 0.708. The van der Waals surface area contributed by atoms with E-state index in [1.807, 2.05) is 12.3 Å². The van der Waals surface area contributed by atoms with Gasteiger partial charge in [0, 0.05) is 23.3 Å². The molecule has 4 bridgehead atoms. The van der Waals surface area contributed by atoms with Crippen LogP contribution in [0.25, 0.3) is 0 Å². The molecule has 1 amide bonds. The van der Waals surface area contributed by atoms with Crippen molar-refractivity contribution in [3.05, 3.63) is 30.1 Å². The van der Waals surface area contributed by atoms with Gasteiger partial charge < -0.3 is 10.0 Å². The van der Waals surface area contributed by atoms with Crippen molar-refractivity contribution in [2.24, 2.45) is 28.6 Å². The molecule has 2 heterocycles. The van der Waals surface area contributed by atoms with E-state index in [9.17, 15) is 14.7 Å². The Morgan fingerprint density at radius 2 is 1.83 bits per heavy atom. The van der Waals surface area contributed by atoms with Crippen molar-refractivity contribution in [2.45, 2.75) is 76.3 Å². The molecular formula is C24H30N2O3. The van der Waals surface area contributed by atoms with Crippen molar-refractivity contribution in [1.82, 2.24) is 9.88 Å². The van der Waals surface area contributed by atoms with Crippen molar-refractivity contribution in [3.8, 4) is 0 Å². The van der Waals surface area contributed by atoms with E-state index in [1.54, 1.807) is 0 Å². The minimum absolute atomic E-state index is 0.0161. The predicted octanol–water partition coefficient (Wildman–Crippen LogP) is 3.63. The van der Waals surface area contributed by atoms with Gasteiger partial charge in [-0.1, -0.05) is 6.07 Å². The summed E-state index contributed by atoms with van der Waals surface area (Å²) < 4.78 is 0. The number of carbonyl (C=O) groups excluding carboxylic acids is 1. The maximum atomic E-state index is 13.4. The van der Waals surface area contributed by atoms with Crippen LogP contribution in [0.3, 0.4) is 0 Å². The van der Waals surface area contributed by atoms with Gasteiger partial charge in [0.1, 0.15) is 0 Å². The number of hydrogen-bond acceptors (Lipinski definition) is 3. The van der Waals surface area contributed by atoms with E-state index < -0.39 is 11.4 Å². The molecule has 1 N–H and O–H groups in total. The van der Waals surface area contributed by atoms with Gasteiger partial charge in [-0.25, -0.2) is 0 Å². The summed E-state index contributed by atoms with van der Waals surface area (Å²) in [5.41, 5.74) is 0.219. The lowest BCUT2D eigenvalue weighted by atomic mass is 9.46. The standard InChI is InChI=1S/C24H30N2O3/c1-22(2)19(24(6-7-24)17-5-3-4-8-25-17)26(20(22)27)18-15-9-14-10-16(18)13-23(11-14,12-15)21(28)29/h3-5,8,14-16,18-19H,6-7,9-13H2,1-2H3,(H,28,29)/t14?,15-,16?,18-,19?,23-/m0/s1. The highest BCUT2D eigenvalue weighted by molar-refractivity contribution is 5.91. The molecule has 1 saturated heterocycles. The average Bonchev–Trinajstić information content (AvgIpc) is 3.47. The van der Waals surface area contributed by atoms with Crippen LogP contribution in [0.2, 0.25) is 0 Å². The summed E-state index contributed by atoms with van der Waals surface area (Å²) in [4.78, 5) is 32.5. The molecule has 29 heavy (non-hydrogen) atoms. The molecule has 6 aliphatic rings. The van der Waals surface area contributed by atoms with Gasteiger partial charge in [0.2, 0.25) is 5.91 Å². The lowest BCUT2D eigenvalue weighted by Gasteiger charge is -2.67. The highest BCUT2D eigenvalue weighted by Crippen LogP contribution is 2.66. The maximum absolute atomic E-state index is 13.4. The molecule has 6 fully saturated rings. The lowest BCUT2D eigenvalue weighted by Crippen LogP contribution is -2.77. The van der Waals surface area contributed by atoms with Crippen LogP contribution in [-0.2, 0) is 15.0 Å². The third kappa shape index (κ3) is 2.14. The van der Waals surface area contributed by atoms with E-state index in [2.05, 4.69) is 30.9 Å². The molecule has 5 heteroatoms. The van der Waals surface area contributed by atoms with Gasteiger partial charge in [0.15, 0.2) is 0 Å². The molecule has 0 radical (unpaired) electrons. The summed E-state index contributed by atoms with van der Waals surface area (Å²) in [6.07, 6.45) is 8.61. The van der Waals surface area contributed by atoms with E-state index in [4.69, 9.17) is 4.98 Å². The predicted molar refractivity (Wildman–Crippen MR) is 107 cm³/mol. The molecule has 5 saturated carbocycles. The topological polar surface area (TPSA) is 70.5 Å². The molecule has 154 valence electrons. The highest BCUT2D eigenvalue weighted by Gasteiger charge is 2.72. The summed E-state index contributed by atoms with van der Waals surface area (Å²) in [6.45, 7) is 4.21. The molecule has 1 aliphatic heterocycles. The Labute approximate surface area is 171 Å². The van der Waals surface area contributed by atoms with E-state index in [-0.39, 0.29) is 28.8 Å². The van der Waals surface area contributed by atoms with Crippen molar-refractivity contribution in [2.75, 3.05) is 0 Å². The summed E-state index contributed by atoms with van der Waals surface area (Å²) >= 11 is 0. The van der Waals surface area contributed by atoms with E-state index in [1.165, 1.54) is 0 Å². The molecule has 1 aromatic rings. The van der Waals surface area contributed by atoms with Crippen LogP contribution < -0.4 is 0 Å². The van der Waals surface area contributed by atoms with Crippen LogP contribution in [0.15, 0.2) is 24.4 Å². The Morgan fingerprint density at radius 3 is 2.38 bits per heavy atom. The van der Waals surface area contributed by atoms with Crippen LogP contribution >= 0.6 is 0 Å². The Balaban J connectivity index is 1.37. The third-order valence-electron chi connectivity index (χ3n) is 9.23. The normalized spacial score (nSPS) is 43.2. The van der Waals surface area contributed by atoms with Crippen LogP contribution in [0.1, 0.15) is 64.5 Å². The monoisotopic (exact) mass is 394 g/mol. The van der Waals surface area contributed by atoms with Crippen LogP contribution in [0, 0.1) is 28.6 Å². The first kappa shape index (κ1) is 17.9. The quantitative estimate of drug-likeness (QED) is 0.792. The van der Waals surface area contributed by atoms with Crippen molar-refractivity contribution >= 4 is 11.9 Å². The molecule has 5 aliphatic carbocycles. The largest absolute Gasteiger partial charge is 0.481 e. The van der Waals surface area contributed by atoms with E-state index in [0.29, 0.717) is 17.8 Å². The minimum Gasteiger partial charge on any atom is -0.481 e. The van der Waals surface area contributed by atoms with Gasteiger partial charge in [-0.05, 0) is 88.7 Å². The summed E-state index contributed by atoms with van der Waals surface area (Å²) in [5.74, 6) is 0.896.